The Labute approximate surface area is 315 Å². The van der Waals surface area contributed by atoms with Crippen molar-refractivity contribution in [1.82, 2.24) is 40.4 Å². The van der Waals surface area contributed by atoms with E-state index in [0.717, 1.165) is 30.9 Å². The van der Waals surface area contributed by atoms with Gasteiger partial charge in [-0.3, -0.25) is 9.59 Å². The lowest BCUT2D eigenvalue weighted by atomic mass is 10.0. The third-order valence-electron chi connectivity index (χ3n) is 9.75. The molecule has 4 N–H and O–H groups in total. The van der Waals surface area contributed by atoms with E-state index in [9.17, 15) is 45.5 Å². The molecule has 6 rings (SSSR count). The minimum absolute atomic E-state index is 0.182. The zero-order chi connectivity index (χ0) is 40.4. The number of nitrogens with one attached hydrogen (secondary N) is 4. The number of halogens is 6. The summed E-state index contributed by atoms with van der Waals surface area (Å²) in [6.45, 7) is 0.364. The largest absolute Gasteiger partial charge is 0.453 e. The number of methoxy groups -OCH3 is 2. The summed E-state index contributed by atoms with van der Waals surface area (Å²) < 4.78 is 88.6. The van der Waals surface area contributed by atoms with Crippen molar-refractivity contribution in [2.24, 2.45) is 0 Å². The van der Waals surface area contributed by atoms with Crippen LogP contribution in [0.5, 0.6) is 0 Å². The molecule has 2 aliphatic heterocycles. The van der Waals surface area contributed by atoms with Gasteiger partial charge in [-0.25, -0.2) is 19.6 Å². The molecule has 0 radical (unpaired) electrons. The molecular weight excluding hydrogens is 754 g/mol. The second-order valence-electron chi connectivity index (χ2n) is 13.5. The normalized spacial score (nSPS) is 18.5. The lowest BCUT2D eigenvalue weighted by molar-refractivity contribution is -0.154. The topological polar surface area (TPSA) is 175 Å². The molecule has 2 aliphatic rings. The molecule has 0 saturated carbocycles. The van der Waals surface area contributed by atoms with Crippen LogP contribution in [-0.2, 0) is 19.1 Å². The molecule has 2 saturated heterocycles. The molecule has 2 aromatic heterocycles. The Kier molecular flexibility index (Phi) is 11.5. The maximum Gasteiger partial charge on any atom is 0.407 e. The first kappa shape index (κ1) is 39.9. The first-order valence-electron chi connectivity index (χ1n) is 17.6. The fraction of sp³-hybridized carbons (Fsp3) is 0.444. The number of fused-ring (bicyclic) bond motifs is 1. The van der Waals surface area contributed by atoms with Gasteiger partial charge in [-0.15, -0.1) is 0 Å². The average molecular weight is 793 g/mol. The first-order valence-corrected chi connectivity index (χ1v) is 17.6. The van der Waals surface area contributed by atoms with E-state index in [4.69, 9.17) is 0 Å². The van der Waals surface area contributed by atoms with Crippen molar-refractivity contribution in [3.63, 3.8) is 0 Å². The summed E-state index contributed by atoms with van der Waals surface area (Å²) in [6.07, 6.45) is -11.3. The van der Waals surface area contributed by atoms with Crippen LogP contribution in [0.4, 0.5) is 35.9 Å². The molecule has 2 fully saturated rings. The summed E-state index contributed by atoms with van der Waals surface area (Å²) in [5.74, 6) is -0.999. The number of aromatic nitrogens is 4. The highest BCUT2D eigenvalue weighted by Gasteiger charge is 2.43. The number of ether oxygens (including phenoxy) is 2. The van der Waals surface area contributed by atoms with Gasteiger partial charge in [0, 0.05) is 13.1 Å². The molecule has 4 unspecified atom stereocenters. The number of hydrogen-bond acceptors (Lipinski definition) is 8. The lowest BCUT2D eigenvalue weighted by Gasteiger charge is -2.28. The van der Waals surface area contributed by atoms with Crippen LogP contribution in [0.3, 0.4) is 0 Å². The zero-order valence-electron chi connectivity index (χ0n) is 30.1. The molecule has 0 aliphatic carbocycles. The van der Waals surface area contributed by atoms with Crippen molar-refractivity contribution >= 4 is 35.0 Å². The van der Waals surface area contributed by atoms with Gasteiger partial charge < -0.3 is 39.9 Å². The second-order valence-corrected chi connectivity index (χ2v) is 13.5. The van der Waals surface area contributed by atoms with Gasteiger partial charge in [-0.05, 0) is 54.5 Å². The van der Waals surface area contributed by atoms with Gasteiger partial charge in [0.1, 0.15) is 23.7 Å². The number of nitrogens with zero attached hydrogens (tertiary/aromatic N) is 4. The van der Waals surface area contributed by atoms with Crippen LogP contribution >= 0.6 is 0 Å². The molecule has 0 bridgehead atoms. The van der Waals surface area contributed by atoms with Crippen LogP contribution in [0.2, 0.25) is 0 Å². The zero-order valence-corrected chi connectivity index (χ0v) is 30.1. The van der Waals surface area contributed by atoms with E-state index in [1.165, 1.54) is 9.80 Å². The quantitative estimate of drug-likeness (QED) is 0.135. The number of aromatic amines is 2. The summed E-state index contributed by atoms with van der Waals surface area (Å²) >= 11 is 0. The van der Waals surface area contributed by atoms with E-state index < -0.39 is 73.4 Å². The Morgan fingerprint density at radius 2 is 1.25 bits per heavy atom. The highest BCUT2D eigenvalue weighted by Crippen LogP contribution is 2.36. The van der Waals surface area contributed by atoms with Gasteiger partial charge in [0.2, 0.25) is 11.8 Å². The van der Waals surface area contributed by atoms with E-state index in [-0.39, 0.29) is 13.1 Å². The number of alkyl halides is 6. The second kappa shape index (κ2) is 16.1. The Hall–Kier alpha value is -5.82. The molecular formula is C36H38F6N8O6. The van der Waals surface area contributed by atoms with Crippen molar-refractivity contribution in [2.45, 2.75) is 75.0 Å². The Balaban J connectivity index is 1.16. The number of likely N-dealkylation sites (tertiary alicyclic amines) is 2. The van der Waals surface area contributed by atoms with Crippen molar-refractivity contribution in [2.75, 3.05) is 27.3 Å². The van der Waals surface area contributed by atoms with Crippen molar-refractivity contribution in [3.8, 4) is 22.4 Å². The minimum atomic E-state index is -4.72. The summed E-state index contributed by atoms with van der Waals surface area (Å²) in [4.78, 5) is 68.1. The monoisotopic (exact) mass is 792 g/mol. The van der Waals surface area contributed by atoms with Gasteiger partial charge in [0.15, 0.2) is 0 Å². The van der Waals surface area contributed by atoms with E-state index in [1.807, 2.05) is 47.0 Å². The average Bonchev–Trinajstić information content (AvgIpc) is 3.98. The van der Waals surface area contributed by atoms with Gasteiger partial charge in [-0.1, -0.05) is 30.3 Å². The number of carbonyl (C=O) groups is 4. The number of hydrogen-bond donors (Lipinski definition) is 4. The van der Waals surface area contributed by atoms with Crippen molar-refractivity contribution in [3.05, 3.63) is 60.3 Å². The maximum atomic E-state index is 13.3. The standard InChI is InChI=1S/C36H38F6N8O6/c1-55-33(53)47-24(16-35(37,38)39)31(51)49-13-3-5-27(49)29-43-18-26(46-29)20-9-7-19(8-10-20)21-11-12-22-23(15-21)45-30(44-22)28-6-4-14-50(28)32(52)25(17-36(40,41)42)48-34(54)56-2/h7-12,15,18,24-25,27-28H,3-6,13-14,16-17H2,1-2H3,(H,43,46)(H,44,45)(H,47,53)(H,48,54). The van der Waals surface area contributed by atoms with E-state index in [2.05, 4.69) is 29.4 Å². The van der Waals surface area contributed by atoms with Crippen molar-refractivity contribution < 1.29 is 55.0 Å². The lowest BCUT2D eigenvalue weighted by Crippen LogP contribution is -2.50. The third-order valence-corrected chi connectivity index (χ3v) is 9.75. The number of amides is 4. The molecule has 300 valence electrons. The molecule has 4 heterocycles. The fourth-order valence-electron chi connectivity index (χ4n) is 7.16. The van der Waals surface area contributed by atoms with E-state index >= 15 is 0 Å². The molecule has 0 spiro atoms. The predicted molar refractivity (Wildman–Crippen MR) is 186 cm³/mol. The number of alkyl carbamates (subject to hydrolysis) is 2. The fourth-order valence-corrected chi connectivity index (χ4v) is 7.16. The van der Waals surface area contributed by atoms with Gasteiger partial charge in [-0.2, -0.15) is 26.3 Å². The Morgan fingerprint density at radius 1 is 0.750 bits per heavy atom. The van der Waals surface area contributed by atoms with Crippen LogP contribution < -0.4 is 10.6 Å². The van der Waals surface area contributed by atoms with Crippen LogP contribution in [0.15, 0.2) is 48.7 Å². The molecule has 4 aromatic rings. The molecule has 4 amide bonds. The van der Waals surface area contributed by atoms with Crippen LogP contribution in [0, 0.1) is 0 Å². The Morgan fingerprint density at radius 3 is 1.77 bits per heavy atom. The molecule has 56 heavy (non-hydrogen) atoms. The van der Waals surface area contributed by atoms with Crippen LogP contribution in [0.1, 0.15) is 62.3 Å². The number of benzene rings is 2. The maximum absolute atomic E-state index is 13.3. The van der Waals surface area contributed by atoms with Crippen LogP contribution in [-0.4, -0.2) is 105 Å². The molecule has 14 nitrogen and oxygen atoms in total. The number of carbonyl (C=O) groups excluding carboxylic acids is 4. The highest BCUT2D eigenvalue weighted by molar-refractivity contribution is 5.87. The Bertz CT molecular complexity index is 2070. The minimum Gasteiger partial charge on any atom is -0.453 e. The van der Waals surface area contributed by atoms with Gasteiger partial charge >= 0.3 is 24.5 Å². The molecule has 20 heteroatoms. The van der Waals surface area contributed by atoms with Crippen molar-refractivity contribution in [1.29, 1.82) is 0 Å². The number of imidazole rings is 2. The number of rotatable bonds is 10. The summed E-state index contributed by atoms with van der Waals surface area (Å²) in [5.41, 5.74) is 4.20. The summed E-state index contributed by atoms with van der Waals surface area (Å²) in [7, 11) is 1.99. The highest BCUT2D eigenvalue weighted by atomic mass is 19.4. The molecule has 2 aromatic carbocycles. The van der Waals surface area contributed by atoms with E-state index in [0.29, 0.717) is 54.1 Å². The van der Waals surface area contributed by atoms with Gasteiger partial charge in [0.25, 0.3) is 0 Å². The number of H-pyrrole nitrogens is 2. The smallest absolute Gasteiger partial charge is 0.407 e. The summed E-state index contributed by atoms with van der Waals surface area (Å²) in [5, 5.41) is 4.00. The molecule has 4 atom stereocenters. The summed E-state index contributed by atoms with van der Waals surface area (Å²) in [6, 6.07) is 7.90. The third kappa shape index (κ3) is 9.16. The van der Waals surface area contributed by atoms with Gasteiger partial charge in [0.05, 0.1) is 62.1 Å². The first-order chi connectivity index (χ1) is 26.5. The predicted octanol–water partition coefficient (Wildman–Crippen LogP) is 6.30. The SMILES string of the molecule is COC(=O)NC(CC(F)(F)F)C(=O)N1CCCC1c1ncc(-c2ccc(-c3ccc4nc(C5CCCN5C(=O)C(CC(F)(F)F)NC(=O)OC)[nH]c4c3)cc2)[nH]1. The van der Waals surface area contributed by atoms with E-state index in [1.54, 1.807) is 12.3 Å². The van der Waals surface area contributed by atoms with Crippen LogP contribution in [0.25, 0.3) is 33.4 Å².